The second-order valence-electron chi connectivity index (χ2n) is 10.9. The van der Waals surface area contributed by atoms with E-state index in [9.17, 15) is 0 Å². The van der Waals surface area contributed by atoms with Crippen LogP contribution in [0.1, 0.15) is 33.4 Å². The molecule has 0 atom stereocenters. The average molecular weight is 511 g/mol. The van der Waals surface area contributed by atoms with Crippen molar-refractivity contribution in [1.29, 1.82) is 0 Å². The number of fused-ring (bicyclic) bond motifs is 5. The number of aryl methyl sites for hydroxylation is 2. The van der Waals surface area contributed by atoms with Gasteiger partial charge in [0.1, 0.15) is 0 Å². The minimum atomic E-state index is 1.21. The highest BCUT2D eigenvalue weighted by Crippen LogP contribution is 2.29. The first-order chi connectivity index (χ1) is 19.6. The van der Waals surface area contributed by atoms with Crippen LogP contribution >= 0.6 is 0 Å². The van der Waals surface area contributed by atoms with Crippen LogP contribution in [-0.2, 0) is 0 Å². The van der Waals surface area contributed by atoms with E-state index >= 15 is 0 Å². The van der Waals surface area contributed by atoms with E-state index in [1.165, 1.54) is 76.5 Å². The minimum absolute atomic E-state index is 1.21. The summed E-state index contributed by atoms with van der Waals surface area (Å²) in [6.07, 6.45) is 8.83. The Labute approximate surface area is 235 Å². The zero-order chi connectivity index (χ0) is 27.1. The molecule has 0 radical (unpaired) electrons. The fourth-order valence-corrected chi connectivity index (χ4v) is 5.68. The van der Waals surface area contributed by atoms with Gasteiger partial charge in [0, 0.05) is 0 Å². The molecular weight excluding hydrogens is 480 g/mol. The number of hydrogen-bond donors (Lipinski definition) is 0. The molecular formula is C40H30. The monoisotopic (exact) mass is 510 g/mol. The predicted octanol–water partition coefficient (Wildman–Crippen LogP) is 11.3. The Bertz CT molecular complexity index is 1970. The number of hydrogen-bond acceptors (Lipinski definition) is 0. The molecule has 40 heavy (non-hydrogen) atoms. The Hall–Kier alpha value is -4.94. The standard InChI is InChI=1S/C40H30/c1-27-3-13-35-23-29(9-15-33(35)21-27)5-7-31-11-19-39-37(25-31)17-18-38-26-32(12-20-40(38)39)8-6-30-10-16-34-22-28(2)4-14-36(34)24-30/h3-26H,1-2H3. The molecule has 0 heterocycles. The summed E-state index contributed by atoms with van der Waals surface area (Å²) >= 11 is 0. The van der Waals surface area contributed by atoms with Crippen LogP contribution in [0.4, 0.5) is 0 Å². The lowest BCUT2D eigenvalue weighted by molar-refractivity contribution is 1.50. The summed E-state index contributed by atoms with van der Waals surface area (Å²) in [5, 5.41) is 10.2. The van der Waals surface area contributed by atoms with Crippen LogP contribution in [0.2, 0.25) is 0 Å². The van der Waals surface area contributed by atoms with Crippen LogP contribution in [0, 0.1) is 13.8 Å². The van der Waals surface area contributed by atoms with E-state index in [1.807, 2.05) is 0 Å². The zero-order valence-electron chi connectivity index (χ0n) is 22.9. The third-order valence-electron chi connectivity index (χ3n) is 7.86. The van der Waals surface area contributed by atoms with E-state index in [2.05, 4.69) is 159 Å². The maximum absolute atomic E-state index is 2.28. The summed E-state index contributed by atoms with van der Waals surface area (Å²) in [5.74, 6) is 0. The molecule has 0 bridgehead atoms. The van der Waals surface area contributed by atoms with Gasteiger partial charge in [-0.2, -0.15) is 0 Å². The second kappa shape index (κ2) is 9.98. The summed E-state index contributed by atoms with van der Waals surface area (Å²) in [6, 6.07) is 44.6. The molecule has 0 spiro atoms. The minimum Gasteiger partial charge on any atom is -0.0587 e. The molecule has 0 fully saturated rings. The molecule has 7 aromatic carbocycles. The average Bonchev–Trinajstić information content (AvgIpc) is 2.98. The van der Waals surface area contributed by atoms with Gasteiger partial charge in [-0.05, 0) is 103 Å². The van der Waals surface area contributed by atoms with Gasteiger partial charge in [0.25, 0.3) is 0 Å². The van der Waals surface area contributed by atoms with Crippen LogP contribution in [0.25, 0.3) is 67.4 Å². The van der Waals surface area contributed by atoms with E-state index in [1.54, 1.807) is 0 Å². The Morgan fingerprint density at radius 3 is 1.02 bits per heavy atom. The van der Waals surface area contributed by atoms with Crippen molar-refractivity contribution in [3.8, 4) is 0 Å². The molecule has 0 heteroatoms. The van der Waals surface area contributed by atoms with Gasteiger partial charge in [0.15, 0.2) is 0 Å². The van der Waals surface area contributed by atoms with Gasteiger partial charge in [-0.1, -0.05) is 132 Å². The van der Waals surface area contributed by atoms with Crippen molar-refractivity contribution in [1.82, 2.24) is 0 Å². The molecule has 0 saturated carbocycles. The molecule has 7 aromatic rings. The summed E-state index contributed by atoms with van der Waals surface area (Å²) < 4.78 is 0. The Balaban J connectivity index is 1.14. The second-order valence-corrected chi connectivity index (χ2v) is 10.9. The lowest BCUT2D eigenvalue weighted by Gasteiger charge is -2.07. The first-order valence-corrected chi connectivity index (χ1v) is 13.9. The third kappa shape index (κ3) is 4.81. The van der Waals surface area contributed by atoms with Crippen LogP contribution in [-0.4, -0.2) is 0 Å². The van der Waals surface area contributed by atoms with E-state index in [0.717, 1.165) is 0 Å². The van der Waals surface area contributed by atoms with E-state index in [4.69, 9.17) is 0 Å². The van der Waals surface area contributed by atoms with Crippen molar-refractivity contribution in [3.63, 3.8) is 0 Å². The maximum Gasteiger partial charge on any atom is -0.0105 e. The van der Waals surface area contributed by atoms with Gasteiger partial charge in [-0.15, -0.1) is 0 Å². The molecule has 0 aliphatic heterocycles. The lowest BCUT2D eigenvalue weighted by atomic mass is 9.98. The quantitative estimate of drug-likeness (QED) is 0.163. The first-order valence-electron chi connectivity index (χ1n) is 13.9. The normalized spacial score (nSPS) is 12.1. The molecule has 0 aromatic heterocycles. The lowest BCUT2D eigenvalue weighted by Crippen LogP contribution is -1.82. The fourth-order valence-electron chi connectivity index (χ4n) is 5.68. The maximum atomic E-state index is 2.28. The number of benzene rings is 7. The largest absolute Gasteiger partial charge is 0.0587 e. The van der Waals surface area contributed by atoms with Gasteiger partial charge in [-0.3, -0.25) is 0 Å². The highest BCUT2D eigenvalue weighted by atomic mass is 14.1. The highest BCUT2D eigenvalue weighted by Gasteiger charge is 2.03. The summed E-state index contributed by atoms with van der Waals surface area (Å²) in [6.45, 7) is 4.28. The molecule has 0 aliphatic carbocycles. The van der Waals surface area contributed by atoms with E-state index in [-0.39, 0.29) is 0 Å². The molecule has 0 aliphatic rings. The van der Waals surface area contributed by atoms with Crippen LogP contribution in [0.15, 0.2) is 121 Å². The van der Waals surface area contributed by atoms with Crippen molar-refractivity contribution in [2.45, 2.75) is 13.8 Å². The first kappa shape index (κ1) is 24.1. The molecule has 0 saturated heterocycles. The molecule has 0 nitrogen and oxygen atoms in total. The van der Waals surface area contributed by atoms with E-state index < -0.39 is 0 Å². The van der Waals surface area contributed by atoms with Crippen LogP contribution in [0.3, 0.4) is 0 Å². The zero-order valence-corrected chi connectivity index (χ0v) is 22.9. The van der Waals surface area contributed by atoms with Crippen molar-refractivity contribution in [2.24, 2.45) is 0 Å². The van der Waals surface area contributed by atoms with Crippen molar-refractivity contribution < 1.29 is 0 Å². The van der Waals surface area contributed by atoms with Crippen LogP contribution in [0.5, 0.6) is 0 Å². The Kier molecular flexibility index (Phi) is 6.02. The van der Waals surface area contributed by atoms with Gasteiger partial charge >= 0.3 is 0 Å². The molecule has 190 valence electrons. The molecule has 0 amide bonds. The summed E-state index contributed by atoms with van der Waals surface area (Å²) in [4.78, 5) is 0. The van der Waals surface area contributed by atoms with Crippen molar-refractivity contribution in [2.75, 3.05) is 0 Å². The molecule has 0 unspecified atom stereocenters. The van der Waals surface area contributed by atoms with Gasteiger partial charge in [-0.25, -0.2) is 0 Å². The van der Waals surface area contributed by atoms with Gasteiger partial charge in [0.2, 0.25) is 0 Å². The van der Waals surface area contributed by atoms with Gasteiger partial charge in [0.05, 0.1) is 0 Å². The predicted molar refractivity (Wildman–Crippen MR) is 177 cm³/mol. The smallest absolute Gasteiger partial charge is 0.0105 e. The van der Waals surface area contributed by atoms with Crippen molar-refractivity contribution in [3.05, 3.63) is 155 Å². The Morgan fingerprint density at radius 2 is 0.600 bits per heavy atom. The highest BCUT2D eigenvalue weighted by molar-refractivity contribution is 6.08. The molecule has 0 N–H and O–H groups in total. The third-order valence-corrected chi connectivity index (χ3v) is 7.86. The SMILES string of the molecule is Cc1ccc2cc(C=Cc3ccc4c(ccc5cc(C=Cc6ccc7cc(C)ccc7c6)ccc54)c3)ccc2c1. The summed E-state index contributed by atoms with van der Waals surface area (Å²) in [7, 11) is 0. The Morgan fingerprint density at radius 1 is 0.300 bits per heavy atom. The van der Waals surface area contributed by atoms with Crippen molar-refractivity contribution >= 4 is 67.4 Å². The van der Waals surface area contributed by atoms with E-state index in [0.29, 0.717) is 0 Å². The van der Waals surface area contributed by atoms with Crippen LogP contribution < -0.4 is 0 Å². The molecule has 7 rings (SSSR count). The number of rotatable bonds is 4. The topological polar surface area (TPSA) is 0 Å². The fraction of sp³-hybridized carbons (Fsp3) is 0.0500. The summed E-state index contributed by atoms with van der Waals surface area (Å²) in [5.41, 5.74) is 7.44. The van der Waals surface area contributed by atoms with Gasteiger partial charge < -0.3 is 0 Å².